The fourth-order valence-electron chi connectivity index (χ4n) is 2.30. The summed E-state index contributed by atoms with van der Waals surface area (Å²) in [5, 5.41) is 3.24. The van der Waals surface area contributed by atoms with Gasteiger partial charge in [0.2, 0.25) is 5.91 Å². The average molecular weight is 278 g/mol. The molecule has 1 amide bonds. The Morgan fingerprint density at radius 2 is 1.81 bits per heavy atom. The van der Waals surface area contributed by atoms with Gasteiger partial charge in [0.15, 0.2) is 5.43 Å². The second kappa shape index (κ2) is 5.25. The summed E-state index contributed by atoms with van der Waals surface area (Å²) in [5.74, 6) is -0.160. The number of H-pyrrole nitrogens is 1. The highest BCUT2D eigenvalue weighted by Crippen LogP contribution is 2.20. The van der Waals surface area contributed by atoms with Crippen LogP contribution in [0, 0.1) is 0 Å². The molecule has 0 saturated carbocycles. The third-order valence-electron chi connectivity index (χ3n) is 3.23. The maximum atomic E-state index is 12.3. The standard InChI is InChI=1S/C17H14N2O2/c1-11(20)18-13-7-8-15-14(9-13)17(21)10-16(19-15)12-5-3-2-4-6-12/h2-10H,1H3,(H,18,20)(H,19,21). The van der Waals surface area contributed by atoms with Crippen LogP contribution < -0.4 is 10.7 Å². The maximum absolute atomic E-state index is 12.3. The Morgan fingerprint density at radius 1 is 1.05 bits per heavy atom. The molecule has 1 aromatic heterocycles. The molecule has 0 spiro atoms. The highest BCUT2D eigenvalue weighted by Gasteiger charge is 2.05. The number of benzene rings is 2. The average Bonchev–Trinajstić information content (AvgIpc) is 2.48. The Kier molecular flexibility index (Phi) is 3.28. The van der Waals surface area contributed by atoms with Crippen molar-refractivity contribution in [3.05, 3.63) is 64.8 Å². The lowest BCUT2D eigenvalue weighted by atomic mass is 10.1. The Bertz CT molecular complexity index is 867. The van der Waals surface area contributed by atoms with Gasteiger partial charge in [0.1, 0.15) is 0 Å². The Hall–Kier alpha value is -2.88. The molecule has 0 fully saturated rings. The van der Waals surface area contributed by atoms with E-state index in [0.29, 0.717) is 11.1 Å². The van der Waals surface area contributed by atoms with Gasteiger partial charge in [0.25, 0.3) is 0 Å². The van der Waals surface area contributed by atoms with Crippen molar-refractivity contribution in [1.82, 2.24) is 4.98 Å². The highest BCUT2D eigenvalue weighted by atomic mass is 16.1. The summed E-state index contributed by atoms with van der Waals surface area (Å²) in [7, 11) is 0. The second-order valence-corrected chi connectivity index (χ2v) is 4.85. The predicted molar refractivity (Wildman–Crippen MR) is 84.3 cm³/mol. The zero-order chi connectivity index (χ0) is 14.8. The van der Waals surface area contributed by atoms with Crippen LogP contribution in [0.3, 0.4) is 0 Å². The maximum Gasteiger partial charge on any atom is 0.221 e. The lowest BCUT2D eigenvalue weighted by Crippen LogP contribution is -2.08. The van der Waals surface area contributed by atoms with Gasteiger partial charge in [-0.05, 0) is 23.8 Å². The van der Waals surface area contributed by atoms with Crippen molar-refractivity contribution in [2.24, 2.45) is 0 Å². The largest absolute Gasteiger partial charge is 0.354 e. The zero-order valence-electron chi connectivity index (χ0n) is 11.5. The van der Waals surface area contributed by atoms with E-state index in [1.165, 1.54) is 6.92 Å². The van der Waals surface area contributed by atoms with Crippen LogP contribution in [0.2, 0.25) is 0 Å². The van der Waals surface area contributed by atoms with E-state index in [9.17, 15) is 9.59 Å². The van der Waals surface area contributed by atoms with Crippen LogP contribution >= 0.6 is 0 Å². The molecule has 0 aliphatic rings. The molecular formula is C17H14N2O2. The van der Waals surface area contributed by atoms with Gasteiger partial charge < -0.3 is 10.3 Å². The summed E-state index contributed by atoms with van der Waals surface area (Å²) in [5.41, 5.74) is 3.03. The van der Waals surface area contributed by atoms with Gasteiger partial charge in [-0.3, -0.25) is 9.59 Å². The van der Waals surface area contributed by atoms with Crippen molar-refractivity contribution in [1.29, 1.82) is 0 Å². The molecule has 3 aromatic rings. The Balaban J connectivity index is 2.14. The van der Waals surface area contributed by atoms with Crippen LogP contribution in [-0.4, -0.2) is 10.9 Å². The van der Waals surface area contributed by atoms with Gasteiger partial charge in [-0.1, -0.05) is 30.3 Å². The molecule has 0 saturated heterocycles. The number of rotatable bonds is 2. The lowest BCUT2D eigenvalue weighted by Gasteiger charge is -2.07. The van der Waals surface area contributed by atoms with E-state index in [4.69, 9.17) is 0 Å². The molecular weight excluding hydrogens is 264 g/mol. The Labute approximate surface area is 121 Å². The molecule has 0 aliphatic heterocycles. The minimum Gasteiger partial charge on any atom is -0.354 e. The second-order valence-electron chi connectivity index (χ2n) is 4.85. The number of aromatic nitrogens is 1. The number of amides is 1. The van der Waals surface area contributed by atoms with Crippen LogP contribution in [0.4, 0.5) is 5.69 Å². The monoisotopic (exact) mass is 278 g/mol. The molecule has 2 N–H and O–H groups in total. The fourth-order valence-corrected chi connectivity index (χ4v) is 2.30. The van der Waals surface area contributed by atoms with Crippen LogP contribution in [0.15, 0.2) is 59.4 Å². The molecule has 21 heavy (non-hydrogen) atoms. The summed E-state index contributed by atoms with van der Waals surface area (Å²) in [4.78, 5) is 26.6. The van der Waals surface area contributed by atoms with E-state index in [2.05, 4.69) is 10.3 Å². The first-order valence-corrected chi connectivity index (χ1v) is 6.63. The van der Waals surface area contributed by atoms with E-state index in [0.717, 1.165) is 16.8 Å². The van der Waals surface area contributed by atoms with Crippen molar-refractivity contribution in [3.8, 4) is 11.3 Å². The van der Waals surface area contributed by atoms with Gasteiger partial charge >= 0.3 is 0 Å². The predicted octanol–water partition coefficient (Wildman–Crippen LogP) is 3.15. The normalized spacial score (nSPS) is 10.5. The molecule has 0 bridgehead atoms. The van der Waals surface area contributed by atoms with Crippen molar-refractivity contribution in [2.45, 2.75) is 6.92 Å². The van der Waals surface area contributed by atoms with Crippen LogP contribution in [0.25, 0.3) is 22.2 Å². The van der Waals surface area contributed by atoms with Gasteiger partial charge in [-0.2, -0.15) is 0 Å². The minimum atomic E-state index is -0.160. The van der Waals surface area contributed by atoms with Gasteiger partial charge in [0, 0.05) is 35.3 Å². The minimum absolute atomic E-state index is 0.0743. The van der Waals surface area contributed by atoms with Crippen molar-refractivity contribution in [2.75, 3.05) is 5.32 Å². The summed E-state index contributed by atoms with van der Waals surface area (Å²) in [6.07, 6.45) is 0. The Morgan fingerprint density at radius 3 is 2.52 bits per heavy atom. The van der Waals surface area contributed by atoms with Crippen LogP contribution in [0.5, 0.6) is 0 Å². The fraction of sp³-hybridized carbons (Fsp3) is 0.0588. The number of pyridine rings is 1. The van der Waals surface area contributed by atoms with Crippen LogP contribution in [-0.2, 0) is 4.79 Å². The first-order chi connectivity index (χ1) is 10.1. The summed E-state index contributed by atoms with van der Waals surface area (Å²) < 4.78 is 0. The first-order valence-electron chi connectivity index (χ1n) is 6.63. The zero-order valence-corrected chi connectivity index (χ0v) is 11.5. The molecule has 104 valence electrons. The summed E-state index contributed by atoms with van der Waals surface area (Å²) >= 11 is 0. The van der Waals surface area contributed by atoms with Gasteiger partial charge in [-0.25, -0.2) is 0 Å². The summed E-state index contributed by atoms with van der Waals surface area (Å²) in [6, 6.07) is 16.5. The third kappa shape index (κ3) is 2.69. The molecule has 1 heterocycles. The number of anilines is 1. The summed E-state index contributed by atoms with van der Waals surface area (Å²) in [6.45, 7) is 1.44. The lowest BCUT2D eigenvalue weighted by molar-refractivity contribution is -0.114. The number of carbonyl (C=O) groups is 1. The van der Waals surface area contributed by atoms with E-state index in [1.807, 2.05) is 30.3 Å². The van der Waals surface area contributed by atoms with Crippen molar-refractivity contribution in [3.63, 3.8) is 0 Å². The number of nitrogens with one attached hydrogen (secondary N) is 2. The molecule has 3 rings (SSSR count). The van der Waals surface area contributed by atoms with Crippen LogP contribution in [0.1, 0.15) is 6.92 Å². The quantitative estimate of drug-likeness (QED) is 0.756. The SMILES string of the molecule is CC(=O)Nc1ccc2[nH]c(-c3ccccc3)cc(=O)c2c1. The molecule has 0 unspecified atom stereocenters. The van der Waals surface area contributed by atoms with E-state index in [-0.39, 0.29) is 11.3 Å². The molecule has 4 nitrogen and oxygen atoms in total. The molecule has 0 radical (unpaired) electrons. The number of fused-ring (bicyclic) bond motifs is 1. The van der Waals surface area contributed by atoms with E-state index in [1.54, 1.807) is 24.3 Å². The number of hydrogen-bond acceptors (Lipinski definition) is 2. The van der Waals surface area contributed by atoms with E-state index >= 15 is 0 Å². The van der Waals surface area contributed by atoms with Crippen molar-refractivity contribution < 1.29 is 4.79 Å². The third-order valence-corrected chi connectivity index (χ3v) is 3.23. The van der Waals surface area contributed by atoms with Gasteiger partial charge in [-0.15, -0.1) is 0 Å². The smallest absolute Gasteiger partial charge is 0.221 e. The molecule has 4 heteroatoms. The molecule has 0 aliphatic carbocycles. The van der Waals surface area contributed by atoms with Gasteiger partial charge in [0.05, 0.1) is 0 Å². The first kappa shape index (κ1) is 13.1. The number of aromatic amines is 1. The molecule has 0 atom stereocenters. The molecule has 2 aromatic carbocycles. The number of carbonyl (C=O) groups excluding carboxylic acids is 1. The highest BCUT2D eigenvalue weighted by molar-refractivity contribution is 5.92. The number of hydrogen-bond donors (Lipinski definition) is 2. The van der Waals surface area contributed by atoms with E-state index < -0.39 is 0 Å². The van der Waals surface area contributed by atoms with Crippen molar-refractivity contribution >= 4 is 22.5 Å². The topological polar surface area (TPSA) is 62.0 Å².